The summed E-state index contributed by atoms with van der Waals surface area (Å²) >= 11 is 0. The van der Waals surface area contributed by atoms with Gasteiger partial charge in [0.25, 0.3) is 0 Å². The lowest BCUT2D eigenvalue weighted by Gasteiger charge is -2.12. The van der Waals surface area contributed by atoms with Crippen LogP contribution in [-0.2, 0) is 13.2 Å². The smallest absolute Gasteiger partial charge is 0.0688 e. The van der Waals surface area contributed by atoms with Crippen LogP contribution in [0.4, 0.5) is 0 Å². The Bertz CT molecular complexity index is 477. The molecule has 0 atom stereocenters. The molecule has 0 saturated carbocycles. The number of benzene rings is 1. The molecule has 1 aromatic carbocycles. The molecule has 0 saturated heterocycles. The first-order valence-electron chi connectivity index (χ1n) is 5.57. The summed E-state index contributed by atoms with van der Waals surface area (Å²) in [5.74, 6) is 0. The van der Waals surface area contributed by atoms with Crippen molar-refractivity contribution in [3.05, 3.63) is 41.7 Å². The van der Waals surface area contributed by atoms with Gasteiger partial charge in [0, 0.05) is 18.3 Å². The predicted octanol–water partition coefficient (Wildman–Crippen LogP) is 1.63. The normalized spacial score (nSPS) is 11.1. The first-order valence-corrected chi connectivity index (χ1v) is 5.57. The Morgan fingerprint density at radius 2 is 2.18 bits per heavy atom. The van der Waals surface area contributed by atoms with Crippen LogP contribution in [0.15, 0.2) is 30.6 Å². The van der Waals surface area contributed by atoms with Gasteiger partial charge in [-0.1, -0.05) is 18.2 Å². The number of nitrogens with one attached hydrogen (secondary N) is 1. The third kappa shape index (κ3) is 2.72. The molecule has 0 amide bonds. The third-order valence-corrected chi connectivity index (χ3v) is 2.65. The van der Waals surface area contributed by atoms with Crippen LogP contribution in [0.2, 0.25) is 0 Å². The van der Waals surface area contributed by atoms with Gasteiger partial charge in [-0.05, 0) is 30.8 Å². The molecule has 1 heterocycles. The second kappa shape index (κ2) is 5.12. The molecule has 0 radical (unpaired) electrons. The van der Waals surface area contributed by atoms with Crippen molar-refractivity contribution >= 4 is 0 Å². The van der Waals surface area contributed by atoms with Crippen molar-refractivity contribution in [2.45, 2.75) is 13.2 Å². The molecule has 4 heteroatoms. The highest BCUT2D eigenvalue weighted by atomic mass is 16.3. The molecule has 0 unspecified atom stereocenters. The maximum Gasteiger partial charge on any atom is 0.0688 e. The van der Waals surface area contributed by atoms with Crippen molar-refractivity contribution in [1.82, 2.24) is 15.1 Å². The fourth-order valence-electron chi connectivity index (χ4n) is 1.92. The number of rotatable bonds is 4. The van der Waals surface area contributed by atoms with Gasteiger partial charge in [-0.25, -0.2) is 0 Å². The van der Waals surface area contributed by atoms with Gasteiger partial charge in [0.2, 0.25) is 0 Å². The van der Waals surface area contributed by atoms with Crippen molar-refractivity contribution < 1.29 is 5.11 Å². The number of aliphatic hydroxyl groups is 1. The average molecular weight is 231 g/mol. The van der Waals surface area contributed by atoms with Gasteiger partial charge in [-0.3, -0.25) is 5.10 Å². The number of aromatic amines is 1. The van der Waals surface area contributed by atoms with E-state index in [1.54, 1.807) is 6.20 Å². The van der Waals surface area contributed by atoms with Crippen LogP contribution in [0.5, 0.6) is 0 Å². The number of aromatic nitrogens is 2. The van der Waals surface area contributed by atoms with Crippen molar-refractivity contribution in [2.75, 3.05) is 14.1 Å². The Kier molecular flexibility index (Phi) is 3.56. The lowest BCUT2D eigenvalue weighted by Crippen LogP contribution is -2.10. The van der Waals surface area contributed by atoms with Crippen LogP contribution in [0.1, 0.15) is 11.1 Å². The van der Waals surface area contributed by atoms with E-state index in [0.717, 1.165) is 23.2 Å². The molecule has 2 aromatic rings. The van der Waals surface area contributed by atoms with Gasteiger partial charge in [0.05, 0.1) is 12.8 Å². The molecule has 0 fully saturated rings. The number of aliphatic hydroxyl groups excluding tert-OH is 1. The molecule has 17 heavy (non-hydrogen) atoms. The highest BCUT2D eigenvalue weighted by molar-refractivity contribution is 5.66. The average Bonchev–Trinajstić information content (AvgIpc) is 2.81. The number of hydrogen-bond donors (Lipinski definition) is 2. The summed E-state index contributed by atoms with van der Waals surface area (Å²) in [5.41, 5.74) is 4.17. The standard InChI is InChI=1S/C13H17N3O/c1-16(2)8-10-3-4-13(11(5-10)9-17)12-6-14-15-7-12/h3-7,17H,8-9H2,1-2H3,(H,14,15). The molecule has 0 bridgehead atoms. The Morgan fingerprint density at radius 3 is 2.76 bits per heavy atom. The lowest BCUT2D eigenvalue weighted by molar-refractivity contribution is 0.282. The van der Waals surface area contributed by atoms with E-state index in [4.69, 9.17) is 0 Å². The quantitative estimate of drug-likeness (QED) is 0.841. The first kappa shape index (κ1) is 11.8. The molecule has 0 spiro atoms. The van der Waals surface area contributed by atoms with E-state index in [9.17, 15) is 5.11 Å². The summed E-state index contributed by atoms with van der Waals surface area (Å²) in [7, 11) is 4.06. The minimum atomic E-state index is 0.0434. The van der Waals surface area contributed by atoms with Gasteiger partial charge in [0.1, 0.15) is 0 Å². The monoisotopic (exact) mass is 231 g/mol. The van der Waals surface area contributed by atoms with E-state index in [1.807, 2.05) is 32.4 Å². The molecule has 2 rings (SSSR count). The van der Waals surface area contributed by atoms with E-state index in [1.165, 1.54) is 5.56 Å². The first-order chi connectivity index (χ1) is 8.20. The van der Waals surface area contributed by atoms with Gasteiger partial charge in [-0.15, -0.1) is 0 Å². The predicted molar refractivity (Wildman–Crippen MR) is 67.3 cm³/mol. The van der Waals surface area contributed by atoms with E-state index in [-0.39, 0.29) is 6.61 Å². The fraction of sp³-hybridized carbons (Fsp3) is 0.308. The lowest BCUT2D eigenvalue weighted by atomic mass is 10.00. The molecular formula is C13H17N3O. The van der Waals surface area contributed by atoms with Crippen molar-refractivity contribution in [3.63, 3.8) is 0 Å². The van der Waals surface area contributed by atoms with Gasteiger partial charge in [0.15, 0.2) is 0 Å². The summed E-state index contributed by atoms with van der Waals surface area (Å²) in [6.45, 7) is 0.917. The van der Waals surface area contributed by atoms with Gasteiger partial charge < -0.3 is 10.0 Å². The summed E-state index contributed by atoms with van der Waals surface area (Å²) in [5, 5.41) is 16.1. The highest BCUT2D eigenvalue weighted by Gasteiger charge is 2.07. The Hall–Kier alpha value is -1.65. The Balaban J connectivity index is 2.35. The SMILES string of the molecule is CN(C)Cc1ccc(-c2cn[nH]c2)c(CO)c1. The van der Waals surface area contributed by atoms with Crippen LogP contribution in [-0.4, -0.2) is 34.3 Å². The summed E-state index contributed by atoms with van der Waals surface area (Å²) in [6.07, 6.45) is 3.60. The fourth-order valence-corrected chi connectivity index (χ4v) is 1.92. The number of nitrogens with zero attached hydrogens (tertiary/aromatic N) is 2. The molecule has 1 aromatic heterocycles. The number of hydrogen-bond acceptors (Lipinski definition) is 3. The highest BCUT2D eigenvalue weighted by Crippen LogP contribution is 2.24. The summed E-state index contributed by atoms with van der Waals surface area (Å²) < 4.78 is 0. The molecule has 0 aliphatic heterocycles. The van der Waals surface area contributed by atoms with Crippen molar-refractivity contribution in [3.8, 4) is 11.1 Å². The van der Waals surface area contributed by atoms with Gasteiger partial charge in [-0.2, -0.15) is 5.10 Å². The van der Waals surface area contributed by atoms with Crippen LogP contribution >= 0.6 is 0 Å². The Morgan fingerprint density at radius 1 is 1.35 bits per heavy atom. The zero-order valence-electron chi connectivity index (χ0n) is 10.1. The molecule has 0 aliphatic carbocycles. The van der Waals surface area contributed by atoms with Crippen LogP contribution in [0.25, 0.3) is 11.1 Å². The second-order valence-electron chi connectivity index (χ2n) is 4.37. The summed E-state index contributed by atoms with van der Waals surface area (Å²) in [4.78, 5) is 2.11. The molecule has 0 aliphatic rings. The largest absolute Gasteiger partial charge is 0.392 e. The van der Waals surface area contributed by atoms with E-state index in [0.29, 0.717) is 0 Å². The zero-order valence-corrected chi connectivity index (χ0v) is 10.1. The maximum absolute atomic E-state index is 9.43. The number of H-pyrrole nitrogens is 1. The minimum absolute atomic E-state index is 0.0434. The molecular weight excluding hydrogens is 214 g/mol. The molecule has 2 N–H and O–H groups in total. The van der Waals surface area contributed by atoms with Gasteiger partial charge >= 0.3 is 0 Å². The Labute approximate surface area is 101 Å². The molecule has 90 valence electrons. The van der Waals surface area contributed by atoms with Crippen molar-refractivity contribution in [2.24, 2.45) is 0 Å². The van der Waals surface area contributed by atoms with Crippen LogP contribution in [0, 0.1) is 0 Å². The van der Waals surface area contributed by atoms with E-state index >= 15 is 0 Å². The summed E-state index contributed by atoms with van der Waals surface area (Å²) in [6, 6.07) is 6.17. The van der Waals surface area contributed by atoms with Crippen LogP contribution < -0.4 is 0 Å². The van der Waals surface area contributed by atoms with E-state index < -0.39 is 0 Å². The second-order valence-corrected chi connectivity index (χ2v) is 4.37. The molecule has 4 nitrogen and oxygen atoms in total. The van der Waals surface area contributed by atoms with E-state index in [2.05, 4.69) is 21.2 Å². The maximum atomic E-state index is 9.43. The van der Waals surface area contributed by atoms with Crippen LogP contribution in [0.3, 0.4) is 0 Å². The zero-order chi connectivity index (χ0) is 12.3. The minimum Gasteiger partial charge on any atom is -0.392 e. The third-order valence-electron chi connectivity index (χ3n) is 2.65. The topological polar surface area (TPSA) is 52.2 Å². The van der Waals surface area contributed by atoms with Crippen molar-refractivity contribution in [1.29, 1.82) is 0 Å².